The number of aromatic nitrogens is 1. The summed E-state index contributed by atoms with van der Waals surface area (Å²) in [7, 11) is 0. The molecule has 2 rings (SSSR count). The molecule has 1 aromatic carbocycles. The van der Waals surface area contributed by atoms with Crippen molar-refractivity contribution in [3.05, 3.63) is 47.0 Å². The Morgan fingerprint density at radius 2 is 2.30 bits per heavy atom. The number of benzene rings is 1. The molecule has 23 heavy (non-hydrogen) atoms. The second-order valence-corrected chi connectivity index (χ2v) is 6.13. The molecule has 1 atom stereocenters. The number of anilines is 1. The maximum atomic E-state index is 13.8. The molecule has 1 amide bonds. The first-order chi connectivity index (χ1) is 11.0. The Morgan fingerprint density at radius 3 is 2.91 bits per heavy atom. The van der Waals surface area contributed by atoms with Gasteiger partial charge in [0, 0.05) is 11.8 Å². The Balaban J connectivity index is 1.99. The first-order valence-electron chi connectivity index (χ1n) is 7.07. The summed E-state index contributed by atoms with van der Waals surface area (Å²) in [5, 5.41) is 14.9. The second kappa shape index (κ2) is 7.79. The van der Waals surface area contributed by atoms with Crippen molar-refractivity contribution in [2.24, 2.45) is 0 Å². The van der Waals surface area contributed by atoms with Gasteiger partial charge in [-0.15, -0.1) is 11.8 Å². The van der Waals surface area contributed by atoms with Crippen LogP contribution in [0.15, 0.2) is 28.8 Å². The molecule has 5 nitrogen and oxygen atoms in total. The van der Waals surface area contributed by atoms with Crippen LogP contribution in [0.3, 0.4) is 0 Å². The number of amides is 1. The van der Waals surface area contributed by atoms with Gasteiger partial charge >= 0.3 is 0 Å². The summed E-state index contributed by atoms with van der Waals surface area (Å²) in [5.74, 6) is 0.702. The summed E-state index contributed by atoms with van der Waals surface area (Å²) in [6.45, 7) is 3.62. The molecule has 0 unspecified atom stereocenters. The van der Waals surface area contributed by atoms with E-state index in [0.29, 0.717) is 34.9 Å². The van der Waals surface area contributed by atoms with Crippen LogP contribution in [0.1, 0.15) is 30.2 Å². The van der Waals surface area contributed by atoms with E-state index in [0.717, 1.165) is 0 Å². The molecule has 0 fully saturated rings. The third-order valence-electron chi connectivity index (χ3n) is 3.16. The van der Waals surface area contributed by atoms with E-state index < -0.39 is 0 Å². The molecule has 0 aliphatic heterocycles. The highest BCUT2D eigenvalue weighted by molar-refractivity contribution is 7.99. The lowest BCUT2D eigenvalue weighted by atomic mass is 10.1. The zero-order chi connectivity index (χ0) is 16.8. The Morgan fingerprint density at radius 1 is 1.52 bits per heavy atom. The van der Waals surface area contributed by atoms with E-state index in [9.17, 15) is 9.18 Å². The average Bonchev–Trinajstić information content (AvgIpc) is 2.94. The van der Waals surface area contributed by atoms with Gasteiger partial charge in [0.1, 0.15) is 11.6 Å². The normalized spacial score (nSPS) is 11.7. The zero-order valence-corrected chi connectivity index (χ0v) is 13.6. The van der Waals surface area contributed by atoms with E-state index in [1.165, 1.54) is 30.0 Å². The Kier molecular flexibility index (Phi) is 5.77. The molecule has 1 aromatic heterocycles. The van der Waals surface area contributed by atoms with Gasteiger partial charge < -0.3 is 9.84 Å². The van der Waals surface area contributed by atoms with Crippen molar-refractivity contribution in [2.75, 3.05) is 5.32 Å². The first-order valence-corrected chi connectivity index (χ1v) is 8.12. The molecule has 2 aromatic rings. The molecule has 0 spiro atoms. The van der Waals surface area contributed by atoms with Crippen LogP contribution in [0.5, 0.6) is 0 Å². The zero-order valence-electron chi connectivity index (χ0n) is 12.8. The summed E-state index contributed by atoms with van der Waals surface area (Å²) in [6, 6.07) is 7.82. The second-order valence-electron chi connectivity index (χ2n) is 4.94. The van der Waals surface area contributed by atoms with Crippen molar-refractivity contribution in [3.63, 3.8) is 0 Å². The minimum Gasteiger partial charge on any atom is -0.360 e. The summed E-state index contributed by atoms with van der Waals surface area (Å²) in [6.07, 6.45) is 0.590. The smallest absolute Gasteiger partial charge is 0.238 e. The number of carbonyl (C=O) groups is 1. The SMILES string of the molecule is CC[C@@H](SCc1cc(C#N)ccc1F)C(=O)Nc1cc(C)on1. The summed E-state index contributed by atoms with van der Waals surface area (Å²) in [4.78, 5) is 12.2. The van der Waals surface area contributed by atoms with Gasteiger partial charge in [0.05, 0.1) is 16.9 Å². The highest BCUT2D eigenvalue weighted by atomic mass is 32.2. The number of carbonyl (C=O) groups excluding carboxylic acids is 1. The van der Waals surface area contributed by atoms with Crippen molar-refractivity contribution >= 4 is 23.5 Å². The average molecular weight is 333 g/mol. The van der Waals surface area contributed by atoms with Crippen LogP contribution in [-0.4, -0.2) is 16.3 Å². The number of halogens is 1. The number of hydrogen-bond donors (Lipinski definition) is 1. The molecular formula is C16H16FN3O2S. The minimum atomic E-state index is -0.376. The molecule has 120 valence electrons. The van der Waals surface area contributed by atoms with E-state index in [2.05, 4.69) is 10.5 Å². The first kappa shape index (κ1) is 17.0. The molecule has 7 heteroatoms. The number of thioether (sulfide) groups is 1. The Labute approximate surface area is 137 Å². The van der Waals surface area contributed by atoms with Crippen LogP contribution in [0, 0.1) is 24.1 Å². The van der Waals surface area contributed by atoms with Crippen molar-refractivity contribution in [1.82, 2.24) is 5.16 Å². The number of nitrogens with one attached hydrogen (secondary N) is 1. The topological polar surface area (TPSA) is 78.9 Å². The fourth-order valence-electron chi connectivity index (χ4n) is 1.96. The minimum absolute atomic E-state index is 0.206. The number of nitrogens with zero attached hydrogens (tertiary/aromatic N) is 2. The predicted molar refractivity (Wildman–Crippen MR) is 86.4 cm³/mol. The standard InChI is InChI=1S/C16H16FN3O2S/c1-3-14(16(21)19-15-6-10(2)22-20-15)23-9-12-7-11(8-18)4-5-13(12)17/h4-7,14H,3,9H2,1-2H3,(H,19,20,21)/t14-/m1/s1. The third-order valence-corrected chi connectivity index (χ3v) is 4.58. The van der Waals surface area contributed by atoms with Crippen molar-refractivity contribution in [1.29, 1.82) is 5.26 Å². The highest BCUT2D eigenvalue weighted by Gasteiger charge is 2.19. The number of nitriles is 1. The number of rotatable bonds is 6. The van der Waals surface area contributed by atoms with E-state index in [4.69, 9.17) is 9.78 Å². The van der Waals surface area contributed by atoms with E-state index >= 15 is 0 Å². The quantitative estimate of drug-likeness (QED) is 0.873. The Bertz CT molecular complexity index is 739. The van der Waals surface area contributed by atoms with Gasteiger partial charge in [-0.1, -0.05) is 12.1 Å². The lowest BCUT2D eigenvalue weighted by Gasteiger charge is -2.13. The molecule has 1 heterocycles. The van der Waals surface area contributed by atoms with Crippen LogP contribution in [0.25, 0.3) is 0 Å². The Hall–Kier alpha value is -2.33. The molecule has 0 saturated heterocycles. The number of aryl methyl sites for hydroxylation is 1. The van der Waals surface area contributed by atoms with Gasteiger partial charge in [0.2, 0.25) is 5.91 Å². The third kappa shape index (κ3) is 4.57. The highest BCUT2D eigenvalue weighted by Crippen LogP contribution is 2.24. The van der Waals surface area contributed by atoms with Crippen LogP contribution in [0.4, 0.5) is 10.2 Å². The summed E-state index contributed by atoms with van der Waals surface area (Å²) in [5.41, 5.74) is 0.815. The van der Waals surface area contributed by atoms with Crippen molar-refractivity contribution in [3.8, 4) is 6.07 Å². The maximum absolute atomic E-state index is 13.8. The van der Waals surface area contributed by atoms with E-state index in [1.54, 1.807) is 13.0 Å². The molecule has 0 radical (unpaired) electrons. The van der Waals surface area contributed by atoms with Gasteiger partial charge in [0.15, 0.2) is 5.82 Å². The van der Waals surface area contributed by atoms with Crippen molar-refractivity contribution in [2.45, 2.75) is 31.3 Å². The molecule has 0 saturated carbocycles. The van der Waals surface area contributed by atoms with Gasteiger partial charge in [-0.25, -0.2) is 4.39 Å². The molecule has 0 aliphatic carbocycles. The lowest BCUT2D eigenvalue weighted by Crippen LogP contribution is -2.25. The fourth-order valence-corrected chi connectivity index (χ4v) is 3.00. The maximum Gasteiger partial charge on any atom is 0.238 e. The lowest BCUT2D eigenvalue weighted by molar-refractivity contribution is -0.115. The fraction of sp³-hybridized carbons (Fsp3) is 0.312. The van der Waals surface area contributed by atoms with Crippen LogP contribution in [-0.2, 0) is 10.5 Å². The van der Waals surface area contributed by atoms with Gasteiger partial charge in [-0.05, 0) is 37.1 Å². The van der Waals surface area contributed by atoms with E-state index in [-0.39, 0.29) is 17.0 Å². The van der Waals surface area contributed by atoms with Gasteiger partial charge in [-0.3, -0.25) is 4.79 Å². The molecule has 0 aliphatic rings. The summed E-state index contributed by atoms with van der Waals surface area (Å²) < 4.78 is 18.7. The predicted octanol–water partition coefficient (Wildman–Crippen LogP) is 3.64. The molecular weight excluding hydrogens is 317 g/mol. The van der Waals surface area contributed by atoms with Gasteiger partial charge in [-0.2, -0.15) is 5.26 Å². The van der Waals surface area contributed by atoms with Crippen LogP contribution in [0.2, 0.25) is 0 Å². The van der Waals surface area contributed by atoms with Crippen molar-refractivity contribution < 1.29 is 13.7 Å². The molecule has 1 N–H and O–H groups in total. The number of hydrogen-bond acceptors (Lipinski definition) is 5. The van der Waals surface area contributed by atoms with Gasteiger partial charge in [0.25, 0.3) is 0 Å². The summed E-state index contributed by atoms with van der Waals surface area (Å²) >= 11 is 1.32. The molecule has 0 bridgehead atoms. The van der Waals surface area contributed by atoms with Crippen LogP contribution >= 0.6 is 11.8 Å². The van der Waals surface area contributed by atoms with Crippen LogP contribution < -0.4 is 5.32 Å². The largest absolute Gasteiger partial charge is 0.360 e. The monoisotopic (exact) mass is 333 g/mol. The van der Waals surface area contributed by atoms with E-state index in [1.807, 2.05) is 13.0 Å².